The van der Waals surface area contributed by atoms with E-state index in [1.807, 2.05) is 6.92 Å². The summed E-state index contributed by atoms with van der Waals surface area (Å²) in [4.78, 5) is 23.7. The van der Waals surface area contributed by atoms with E-state index in [0.717, 1.165) is 6.42 Å². The Balaban J connectivity index is 2.99. The number of benzene rings is 1. The molecule has 4 nitrogen and oxygen atoms in total. The minimum atomic E-state index is -2.15. The van der Waals surface area contributed by atoms with Gasteiger partial charge in [-0.3, -0.25) is 9.59 Å². The van der Waals surface area contributed by atoms with E-state index in [4.69, 9.17) is 9.47 Å². The van der Waals surface area contributed by atoms with Crippen molar-refractivity contribution < 1.29 is 23.5 Å². The Kier molecular flexibility index (Phi) is 6.15. The molecule has 1 atom stereocenters. The van der Waals surface area contributed by atoms with Crippen LogP contribution in [0, 0.1) is 0 Å². The molecular weight excluding hydrogens is 263 g/mol. The second kappa shape index (κ2) is 7.62. The second-order valence-electron chi connectivity index (χ2n) is 4.34. The number of carbonyl (C=O) groups excluding carboxylic acids is 2. The third kappa shape index (κ3) is 3.56. The molecule has 1 unspecified atom stereocenters. The quantitative estimate of drug-likeness (QED) is 0.543. The summed E-state index contributed by atoms with van der Waals surface area (Å²) in [6, 6.07) is 4.57. The van der Waals surface area contributed by atoms with Gasteiger partial charge >= 0.3 is 0 Å². The molecular formula is C15H19FO4. The van der Waals surface area contributed by atoms with Crippen LogP contribution in [0.2, 0.25) is 0 Å². The standard InChI is InChI=1S/C15H19FO4/c1-4-5-8-11(17)13(16)14(18)10-7-6-9-12(19-2)15(10)20-3/h6-7,9,13H,4-5,8H2,1-3H3. The lowest BCUT2D eigenvalue weighted by Gasteiger charge is -2.13. The topological polar surface area (TPSA) is 52.6 Å². The fourth-order valence-corrected chi connectivity index (χ4v) is 1.84. The van der Waals surface area contributed by atoms with Crippen LogP contribution in [0.5, 0.6) is 11.5 Å². The van der Waals surface area contributed by atoms with Gasteiger partial charge in [-0.1, -0.05) is 19.4 Å². The molecule has 0 amide bonds. The molecule has 0 saturated carbocycles. The van der Waals surface area contributed by atoms with Crippen LogP contribution in [0.25, 0.3) is 0 Å². The molecule has 1 aromatic carbocycles. The molecule has 20 heavy (non-hydrogen) atoms. The number of para-hydroxylation sites is 1. The summed E-state index contributed by atoms with van der Waals surface area (Å²) in [6.45, 7) is 1.90. The maximum absolute atomic E-state index is 14.0. The van der Waals surface area contributed by atoms with Crippen molar-refractivity contribution in [1.29, 1.82) is 0 Å². The van der Waals surface area contributed by atoms with E-state index in [9.17, 15) is 14.0 Å². The number of hydrogen-bond donors (Lipinski definition) is 0. The van der Waals surface area contributed by atoms with Crippen molar-refractivity contribution in [1.82, 2.24) is 0 Å². The minimum Gasteiger partial charge on any atom is -0.493 e. The smallest absolute Gasteiger partial charge is 0.220 e. The van der Waals surface area contributed by atoms with Crippen LogP contribution in [0.3, 0.4) is 0 Å². The third-order valence-corrected chi connectivity index (χ3v) is 2.96. The first-order chi connectivity index (χ1) is 9.56. The Hall–Kier alpha value is -1.91. The van der Waals surface area contributed by atoms with Gasteiger partial charge in [0.15, 0.2) is 17.3 Å². The lowest BCUT2D eigenvalue weighted by Crippen LogP contribution is -2.26. The first-order valence-electron chi connectivity index (χ1n) is 6.48. The van der Waals surface area contributed by atoms with Crippen molar-refractivity contribution in [2.24, 2.45) is 0 Å². The zero-order valence-electron chi connectivity index (χ0n) is 11.9. The predicted octanol–water partition coefficient (Wildman–Crippen LogP) is 2.98. The fraction of sp³-hybridized carbons (Fsp3) is 0.467. The van der Waals surface area contributed by atoms with E-state index in [1.165, 1.54) is 20.3 Å². The predicted molar refractivity (Wildman–Crippen MR) is 73.3 cm³/mol. The van der Waals surface area contributed by atoms with E-state index >= 15 is 0 Å². The van der Waals surface area contributed by atoms with Gasteiger partial charge in [-0.05, 0) is 18.6 Å². The largest absolute Gasteiger partial charge is 0.493 e. The highest BCUT2D eigenvalue weighted by Crippen LogP contribution is 2.32. The lowest BCUT2D eigenvalue weighted by molar-refractivity contribution is -0.122. The van der Waals surface area contributed by atoms with Crippen molar-refractivity contribution in [3.63, 3.8) is 0 Å². The Morgan fingerprint density at radius 2 is 1.95 bits per heavy atom. The van der Waals surface area contributed by atoms with Crippen LogP contribution >= 0.6 is 0 Å². The number of ketones is 2. The Morgan fingerprint density at radius 1 is 1.25 bits per heavy atom. The third-order valence-electron chi connectivity index (χ3n) is 2.96. The van der Waals surface area contributed by atoms with E-state index in [2.05, 4.69) is 0 Å². The highest BCUT2D eigenvalue weighted by molar-refractivity contribution is 6.14. The summed E-state index contributed by atoms with van der Waals surface area (Å²) in [5, 5.41) is 0. The summed E-state index contributed by atoms with van der Waals surface area (Å²) in [6.07, 6.45) is -0.741. The number of hydrogen-bond acceptors (Lipinski definition) is 4. The van der Waals surface area contributed by atoms with Crippen molar-refractivity contribution >= 4 is 11.6 Å². The van der Waals surface area contributed by atoms with E-state index in [1.54, 1.807) is 12.1 Å². The number of carbonyl (C=O) groups is 2. The molecule has 0 aromatic heterocycles. The molecule has 0 aliphatic carbocycles. The lowest BCUT2D eigenvalue weighted by atomic mass is 10.00. The highest BCUT2D eigenvalue weighted by Gasteiger charge is 2.29. The summed E-state index contributed by atoms with van der Waals surface area (Å²) in [7, 11) is 2.78. The Bertz CT molecular complexity index is 485. The molecule has 0 spiro atoms. The molecule has 0 bridgehead atoms. The molecule has 5 heteroatoms. The number of alkyl halides is 1. The summed E-state index contributed by atoms with van der Waals surface area (Å²) < 4.78 is 24.1. The molecule has 0 saturated heterocycles. The van der Waals surface area contributed by atoms with Gasteiger partial charge in [0, 0.05) is 6.42 Å². The summed E-state index contributed by atoms with van der Waals surface area (Å²) >= 11 is 0. The monoisotopic (exact) mass is 282 g/mol. The number of methoxy groups -OCH3 is 2. The van der Waals surface area contributed by atoms with Crippen LogP contribution in [0.15, 0.2) is 18.2 Å². The van der Waals surface area contributed by atoms with Gasteiger partial charge in [0.05, 0.1) is 19.8 Å². The first-order valence-corrected chi connectivity index (χ1v) is 6.48. The van der Waals surface area contributed by atoms with Crippen molar-refractivity contribution in [2.75, 3.05) is 14.2 Å². The maximum Gasteiger partial charge on any atom is 0.220 e. The number of halogens is 1. The maximum atomic E-state index is 14.0. The van der Waals surface area contributed by atoms with E-state index in [0.29, 0.717) is 12.2 Å². The number of Topliss-reactive ketones (excluding diaryl/α,β-unsaturated/α-hetero) is 2. The van der Waals surface area contributed by atoms with Crippen LogP contribution in [-0.2, 0) is 4.79 Å². The number of unbranched alkanes of at least 4 members (excludes halogenated alkanes) is 1. The molecule has 0 aliphatic heterocycles. The molecule has 110 valence electrons. The minimum absolute atomic E-state index is 0.0178. The average molecular weight is 282 g/mol. The molecule has 0 heterocycles. The summed E-state index contributed by atoms with van der Waals surface area (Å²) in [5.74, 6) is -1.11. The SMILES string of the molecule is CCCCC(=O)C(F)C(=O)c1cccc(OC)c1OC. The van der Waals surface area contributed by atoms with Gasteiger partial charge in [0.25, 0.3) is 0 Å². The second-order valence-corrected chi connectivity index (χ2v) is 4.34. The molecule has 0 radical (unpaired) electrons. The number of rotatable bonds is 8. The Morgan fingerprint density at radius 3 is 2.50 bits per heavy atom. The van der Waals surface area contributed by atoms with Gasteiger partial charge < -0.3 is 9.47 Å². The molecule has 1 aromatic rings. The van der Waals surface area contributed by atoms with Crippen LogP contribution in [0.1, 0.15) is 36.5 Å². The van der Waals surface area contributed by atoms with E-state index in [-0.39, 0.29) is 17.7 Å². The van der Waals surface area contributed by atoms with Crippen LogP contribution < -0.4 is 9.47 Å². The van der Waals surface area contributed by atoms with Crippen molar-refractivity contribution in [3.05, 3.63) is 23.8 Å². The number of ether oxygens (including phenoxy) is 2. The summed E-state index contributed by atoms with van der Waals surface area (Å²) in [5.41, 5.74) is 0.0178. The average Bonchev–Trinajstić information content (AvgIpc) is 2.49. The van der Waals surface area contributed by atoms with Crippen LogP contribution in [-0.4, -0.2) is 32.0 Å². The highest BCUT2D eigenvalue weighted by atomic mass is 19.1. The van der Waals surface area contributed by atoms with Gasteiger partial charge in [-0.25, -0.2) is 4.39 Å². The molecule has 0 N–H and O–H groups in total. The molecule has 0 fully saturated rings. The van der Waals surface area contributed by atoms with Gasteiger partial charge in [0.1, 0.15) is 0 Å². The normalized spacial score (nSPS) is 11.8. The fourth-order valence-electron chi connectivity index (χ4n) is 1.84. The van der Waals surface area contributed by atoms with Crippen molar-refractivity contribution in [2.45, 2.75) is 32.4 Å². The van der Waals surface area contributed by atoms with E-state index < -0.39 is 17.7 Å². The first kappa shape index (κ1) is 16.1. The molecule has 0 aliphatic rings. The zero-order valence-corrected chi connectivity index (χ0v) is 11.9. The molecule has 1 rings (SSSR count). The zero-order chi connectivity index (χ0) is 15.1. The van der Waals surface area contributed by atoms with Crippen molar-refractivity contribution in [3.8, 4) is 11.5 Å². The van der Waals surface area contributed by atoms with Gasteiger partial charge in [-0.15, -0.1) is 0 Å². The van der Waals surface area contributed by atoms with Gasteiger partial charge in [-0.2, -0.15) is 0 Å². The van der Waals surface area contributed by atoms with Crippen LogP contribution in [0.4, 0.5) is 4.39 Å². The van der Waals surface area contributed by atoms with Gasteiger partial charge in [0.2, 0.25) is 12.0 Å². The Labute approximate surface area is 117 Å².